The van der Waals surface area contributed by atoms with E-state index >= 15 is 0 Å². The molecule has 1 fully saturated rings. The zero-order valence-electron chi connectivity index (χ0n) is 11.9. The first-order valence-electron chi connectivity index (χ1n) is 7.06. The van der Waals surface area contributed by atoms with Crippen molar-refractivity contribution in [2.24, 2.45) is 11.8 Å². The van der Waals surface area contributed by atoms with Crippen molar-refractivity contribution in [3.8, 4) is 0 Å². The second-order valence-electron chi connectivity index (χ2n) is 5.74. The van der Waals surface area contributed by atoms with E-state index in [0.717, 1.165) is 0 Å². The summed E-state index contributed by atoms with van der Waals surface area (Å²) < 4.78 is 5.41. The molecule has 0 aliphatic carbocycles. The number of likely N-dealkylation sites (tertiary alicyclic amines) is 1. The Balaban J connectivity index is 2.40. The third-order valence-electron chi connectivity index (χ3n) is 3.66. The molecular formula is C15H21NO4. The number of carbonyl (C=O) groups excluding carboxylic acids is 1. The molecule has 2 rings (SSSR count). The predicted octanol–water partition coefficient (Wildman–Crippen LogP) is 2.69. The van der Waals surface area contributed by atoms with Crippen LogP contribution in [-0.4, -0.2) is 28.4 Å². The van der Waals surface area contributed by atoms with Crippen LogP contribution in [0, 0.1) is 11.8 Å². The summed E-state index contributed by atoms with van der Waals surface area (Å²) >= 11 is 0. The van der Waals surface area contributed by atoms with Gasteiger partial charge in [0, 0.05) is 13.0 Å². The van der Waals surface area contributed by atoms with Crippen LogP contribution >= 0.6 is 0 Å². The molecule has 0 aromatic carbocycles. The molecule has 1 amide bonds. The molecule has 1 aromatic heterocycles. The summed E-state index contributed by atoms with van der Waals surface area (Å²) in [6.07, 6.45) is 3.05. The van der Waals surface area contributed by atoms with Crippen LogP contribution in [0.2, 0.25) is 0 Å². The van der Waals surface area contributed by atoms with Crippen molar-refractivity contribution in [1.29, 1.82) is 0 Å². The van der Waals surface area contributed by atoms with Crippen LogP contribution < -0.4 is 0 Å². The third-order valence-corrected chi connectivity index (χ3v) is 3.66. The van der Waals surface area contributed by atoms with Crippen molar-refractivity contribution in [3.05, 3.63) is 24.2 Å². The maximum atomic E-state index is 12.3. The summed E-state index contributed by atoms with van der Waals surface area (Å²) in [6, 6.07) is 2.99. The van der Waals surface area contributed by atoms with E-state index in [1.54, 1.807) is 17.0 Å². The highest BCUT2D eigenvalue weighted by Gasteiger charge is 2.40. The first kappa shape index (κ1) is 14.6. The molecule has 1 saturated heterocycles. The first-order valence-corrected chi connectivity index (χ1v) is 7.06. The van der Waals surface area contributed by atoms with Crippen LogP contribution in [-0.2, 0) is 9.59 Å². The topological polar surface area (TPSA) is 70.8 Å². The van der Waals surface area contributed by atoms with Crippen LogP contribution in [0.4, 0.5) is 0 Å². The number of carbonyl (C=O) groups is 2. The fourth-order valence-electron chi connectivity index (χ4n) is 2.83. The zero-order chi connectivity index (χ0) is 14.7. The van der Waals surface area contributed by atoms with Gasteiger partial charge < -0.3 is 14.4 Å². The summed E-state index contributed by atoms with van der Waals surface area (Å²) in [5, 5.41) is 9.49. The van der Waals surface area contributed by atoms with Crippen molar-refractivity contribution >= 4 is 11.9 Å². The number of furan rings is 1. The monoisotopic (exact) mass is 279 g/mol. The Kier molecular flexibility index (Phi) is 4.47. The van der Waals surface area contributed by atoms with E-state index in [1.807, 2.05) is 13.8 Å². The van der Waals surface area contributed by atoms with E-state index in [1.165, 1.54) is 6.26 Å². The van der Waals surface area contributed by atoms with Crippen molar-refractivity contribution in [2.45, 2.75) is 39.2 Å². The largest absolute Gasteiger partial charge is 0.481 e. The van der Waals surface area contributed by atoms with E-state index in [-0.39, 0.29) is 11.8 Å². The summed E-state index contributed by atoms with van der Waals surface area (Å²) in [6.45, 7) is 4.59. The normalized spacial score (nSPS) is 23.9. The highest BCUT2D eigenvalue weighted by molar-refractivity contribution is 5.79. The smallest absolute Gasteiger partial charge is 0.309 e. The Morgan fingerprint density at radius 3 is 2.85 bits per heavy atom. The van der Waals surface area contributed by atoms with Crippen molar-refractivity contribution < 1.29 is 19.1 Å². The highest BCUT2D eigenvalue weighted by atomic mass is 16.4. The molecule has 2 atom stereocenters. The minimum atomic E-state index is -0.866. The maximum absolute atomic E-state index is 12.3. The number of hydrogen-bond donors (Lipinski definition) is 1. The molecule has 2 heterocycles. The Hall–Kier alpha value is -1.78. The number of carboxylic acids is 1. The Morgan fingerprint density at radius 2 is 2.30 bits per heavy atom. The van der Waals surface area contributed by atoms with Crippen molar-refractivity contribution in [3.63, 3.8) is 0 Å². The Bertz CT molecular complexity index is 466. The number of aliphatic carboxylic acids is 1. The molecule has 1 aliphatic heterocycles. The Morgan fingerprint density at radius 1 is 1.55 bits per heavy atom. The van der Waals surface area contributed by atoms with Crippen LogP contribution in [0.1, 0.15) is 44.9 Å². The fraction of sp³-hybridized carbons (Fsp3) is 0.600. The number of nitrogens with zero attached hydrogens (tertiary/aromatic N) is 1. The highest BCUT2D eigenvalue weighted by Crippen LogP contribution is 2.36. The minimum absolute atomic E-state index is 0.0175. The van der Waals surface area contributed by atoms with Gasteiger partial charge in [0.25, 0.3) is 0 Å². The van der Waals surface area contributed by atoms with Gasteiger partial charge in [0.15, 0.2) is 0 Å². The van der Waals surface area contributed by atoms with Gasteiger partial charge in [0.1, 0.15) is 11.8 Å². The van der Waals surface area contributed by atoms with Gasteiger partial charge in [0.05, 0.1) is 12.2 Å². The van der Waals surface area contributed by atoms with Crippen molar-refractivity contribution in [2.75, 3.05) is 6.54 Å². The first-order chi connectivity index (χ1) is 9.50. The second kappa shape index (κ2) is 6.11. The molecule has 0 spiro atoms. The van der Waals surface area contributed by atoms with Crippen LogP contribution in [0.25, 0.3) is 0 Å². The second-order valence-corrected chi connectivity index (χ2v) is 5.74. The van der Waals surface area contributed by atoms with Crippen LogP contribution in [0.3, 0.4) is 0 Å². The Labute approximate surface area is 118 Å². The lowest BCUT2D eigenvalue weighted by atomic mass is 9.92. The van der Waals surface area contributed by atoms with Gasteiger partial charge >= 0.3 is 5.97 Å². The fourth-order valence-corrected chi connectivity index (χ4v) is 2.83. The van der Waals surface area contributed by atoms with Gasteiger partial charge in [-0.2, -0.15) is 0 Å². The van der Waals surface area contributed by atoms with Crippen LogP contribution in [0.15, 0.2) is 22.8 Å². The van der Waals surface area contributed by atoms with E-state index in [9.17, 15) is 14.7 Å². The lowest BCUT2D eigenvalue weighted by molar-refractivity contribution is -0.146. The minimum Gasteiger partial charge on any atom is -0.481 e. The summed E-state index contributed by atoms with van der Waals surface area (Å²) in [4.78, 5) is 25.6. The molecular weight excluding hydrogens is 258 g/mol. The lowest BCUT2D eigenvalue weighted by Crippen LogP contribution is -2.40. The van der Waals surface area contributed by atoms with Crippen LogP contribution in [0.5, 0.6) is 0 Å². The molecule has 1 aromatic rings. The average Bonchev–Trinajstić information content (AvgIpc) is 2.83. The van der Waals surface area contributed by atoms with Crippen molar-refractivity contribution in [1.82, 2.24) is 4.90 Å². The molecule has 1 aliphatic rings. The SMILES string of the molecule is CC(C)CN1C(=O)CCCC(C(=O)O)C1c1ccco1. The van der Waals surface area contributed by atoms with E-state index in [2.05, 4.69) is 0 Å². The molecule has 2 unspecified atom stereocenters. The quantitative estimate of drug-likeness (QED) is 0.919. The molecule has 0 saturated carbocycles. The van der Waals surface area contributed by atoms with E-state index < -0.39 is 17.9 Å². The molecule has 20 heavy (non-hydrogen) atoms. The molecule has 5 heteroatoms. The van der Waals surface area contributed by atoms with Gasteiger partial charge in [-0.1, -0.05) is 13.8 Å². The van der Waals surface area contributed by atoms with Gasteiger partial charge in [-0.15, -0.1) is 0 Å². The molecule has 0 bridgehead atoms. The number of rotatable bonds is 4. The molecule has 110 valence electrons. The molecule has 5 nitrogen and oxygen atoms in total. The third kappa shape index (κ3) is 3.03. The van der Waals surface area contributed by atoms with Gasteiger partial charge in [-0.05, 0) is 30.9 Å². The molecule has 1 N–H and O–H groups in total. The van der Waals surface area contributed by atoms with Gasteiger partial charge in [-0.25, -0.2) is 0 Å². The van der Waals surface area contributed by atoms with E-state index in [4.69, 9.17) is 4.42 Å². The lowest BCUT2D eigenvalue weighted by Gasteiger charge is -2.33. The van der Waals surface area contributed by atoms with E-state index in [0.29, 0.717) is 31.6 Å². The number of carboxylic acid groups (broad SMARTS) is 1. The van der Waals surface area contributed by atoms with Gasteiger partial charge in [-0.3, -0.25) is 9.59 Å². The summed E-state index contributed by atoms with van der Waals surface area (Å²) in [5.41, 5.74) is 0. The molecule has 0 radical (unpaired) electrons. The zero-order valence-corrected chi connectivity index (χ0v) is 11.9. The number of amides is 1. The number of hydrogen-bond acceptors (Lipinski definition) is 3. The van der Waals surface area contributed by atoms with Gasteiger partial charge in [0.2, 0.25) is 5.91 Å². The summed E-state index contributed by atoms with van der Waals surface area (Å²) in [5.74, 6) is -0.609. The maximum Gasteiger partial charge on any atom is 0.309 e. The summed E-state index contributed by atoms with van der Waals surface area (Å²) in [7, 11) is 0. The standard InChI is InChI=1S/C15H21NO4/c1-10(2)9-16-13(17)7-3-5-11(15(18)19)14(16)12-6-4-8-20-12/h4,6,8,10-11,14H,3,5,7,9H2,1-2H3,(H,18,19). The predicted molar refractivity (Wildman–Crippen MR) is 73.0 cm³/mol. The average molecular weight is 279 g/mol.